The lowest BCUT2D eigenvalue weighted by Gasteiger charge is -2.08. The van der Waals surface area contributed by atoms with Gasteiger partial charge in [-0.25, -0.2) is 4.98 Å². The van der Waals surface area contributed by atoms with E-state index in [-0.39, 0.29) is 0 Å². The summed E-state index contributed by atoms with van der Waals surface area (Å²) in [6, 6.07) is 7.82. The molecule has 3 nitrogen and oxygen atoms in total. The summed E-state index contributed by atoms with van der Waals surface area (Å²) in [5.74, 6) is 0.829. The van der Waals surface area contributed by atoms with E-state index in [4.69, 9.17) is 11.6 Å². The van der Waals surface area contributed by atoms with Crippen LogP contribution >= 0.6 is 11.6 Å². The molecule has 0 bridgehead atoms. The lowest BCUT2D eigenvalue weighted by molar-refractivity contribution is 0.160. The zero-order valence-corrected chi connectivity index (χ0v) is 11.1. The van der Waals surface area contributed by atoms with E-state index in [1.54, 1.807) is 6.20 Å². The normalized spacial score (nSPS) is 12.6. The molecule has 2 rings (SSSR count). The standard InChI is InChI=1S/C14H17ClN2O/c1-10-16-9-13(17-10)14(18)8-4-6-11-5-2-3-7-12(11)15/h2-3,5,7,9,14,18H,4,6,8H2,1H3,(H,16,17). The molecule has 1 heterocycles. The Labute approximate surface area is 112 Å². The number of benzene rings is 1. The Hall–Kier alpha value is -1.32. The van der Waals surface area contributed by atoms with Gasteiger partial charge in [-0.2, -0.15) is 0 Å². The van der Waals surface area contributed by atoms with Gasteiger partial charge in [0.1, 0.15) is 5.82 Å². The molecule has 0 saturated carbocycles. The third-order valence-electron chi connectivity index (χ3n) is 2.96. The van der Waals surface area contributed by atoms with Crippen molar-refractivity contribution in [2.24, 2.45) is 0 Å². The summed E-state index contributed by atoms with van der Waals surface area (Å²) in [6.45, 7) is 1.87. The average molecular weight is 265 g/mol. The highest BCUT2D eigenvalue weighted by molar-refractivity contribution is 6.31. The van der Waals surface area contributed by atoms with Crippen molar-refractivity contribution in [1.82, 2.24) is 9.97 Å². The maximum absolute atomic E-state index is 9.98. The zero-order chi connectivity index (χ0) is 13.0. The van der Waals surface area contributed by atoms with E-state index in [9.17, 15) is 5.11 Å². The Bertz CT molecular complexity index is 510. The van der Waals surface area contributed by atoms with Crippen molar-refractivity contribution in [2.75, 3.05) is 0 Å². The van der Waals surface area contributed by atoms with E-state index in [1.165, 1.54) is 0 Å². The van der Waals surface area contributed by atoms with Crippen LogP contribution in [0.3, 0.4) is 0 Å². The fourth-order valence-corrected chi connectivity index (χ4v) is 2.18. The smallest absolute Gasteiger partial charge is 0.103 e. The number of aromatic nitrogens is 2. The summed E-state index contributed by atoms with van der Waals surface area (Å²) in [5.41, 5.74) is 1.92. The van der Waals surface area contributed by atoms with Crippen molar-refractivity contribution in [3.8, 4) is 0 Å². The van der Waals surface area contributed by atoms with Crippen LogP contribution in [0.15, 0.2) is 30.5 Å². The second kappa shape index (κ2) is 6.03. The molecule has 0 aliphatic rings. The third kappa shape index (κ3) is 3.34. The number of aliphatic hydroxyl groups is 1. The highest BCUT2D eigenvalue weighted by Gasteiger charge is 2.10. The summed E-state index contributed by atoms with van der Waals surface area (Å²) in [5, 5.41) is 10.8. The maximum Gasteiger partial charge on any atom is 0.103 e. The molecule has 0 spiro atoms. The number of nitrogens with one attached hydrogen (secondary N) is 1. The van der Waals surface area contributed by atoms with Gasteiger partial charge in [-0.1, -0.05) is 29.8 Å². The molecular weight excluding hydrogens is 248 g/mol. The van der Waals surface area contributed by atoms with Gasteiger partial charge < -0.3 is 10.1 Å². The minimum Gasteiger partial charge on any atom is -0.387 e. The number of aliphatic hydroxyl groups excluding tert-OH is 1. The number of imidazole rings is 1. The van der Waals surface area contributed by atoms with Crippen molar-refractivity contribution in [1.29, 1.82) is 0 Å². The highest BCUT2D eigenvalue weighted by Crippen LogP contribution is 2.21. The van der Waals surface area contributed by atoms with Crippen molar-refractivity contribution < 1.29 is 5.11 Å². The second-order valence-electron chi connectivity index (χ2n) is 4.42. The first-order valence-corrected chi connectivity index (χ1v) is 6.47. The first-order chi connectivity index (χ1) is 8.66. The molecule has 0 radical (unpaired) electrons. The van der Waals surface area contributed by atoms with Crippen LogP contribution < -0.4 is 0 Å². The highest BCUT2D eigenvalue weighted by atomic mass is 35.5. The molecular formula is C14H17ClN2O. The summed E-state index contributed by atoms with van der Waals surface area (Å²) in [4.78, 5) is 7.13. The van der Waals surface area contributed by atoms with Gasteiger partial charge in [0, 0.05) is 5.02 Å². The Morgan fingerprint density at radius 1 is 1.39 bits per heavy atom. The predicted octanol–water partition coefficient (Wildman–Crippen LogP) is 3.43. The van der Waals surface area contributed by atoms with Gasteiger partial charge in [0.15, 0.2) is 0 Å². The van der Waals surface area contributed by atoms with E-state index in [2.05, 4.69) is 9.97 Å². The fraction of sp³-hybridized carbons (Fsp3) is 0.357. The molecule has 1 atom stereocenters. The van der Waals surface area contributed by atoms with Gasteiger partial charge in [-0.15, -0.1) is 0 Å². The van der Waals surface area contributed by atoms with Crippen LogP contribution in [0.5, 0.6) is 0 Å². The van der Waals surface area contributed by atoms with Gasteiger partial charge in [0.05, 0.1) is 18.0 Å². The van der Waals surface area contributed by atoms with Gasteiger partial charge in [-0.3, -0.25) is 0 Å². The first-order valence-electron chi connectivity index (χ1n) is 6.10. The maximum atomic E-state index is 9.98. The van der Waals surface area contributed by atoms with Crippen LogP contribution in [0.4, 0.5) is 0 Å². The summed E-state index contributed by atoms with van der Waals surface area (Å²) in [7, 11) is 0. The average Bonchev–Trinajstić information content (AvgIpc) is 2.78. The fourth-order valence-electron chi connectivity index (χ4n) is 1.95. The van der Waals surface area contributed by atoms with Gasteiger partial charge >= 0.3 is 0 Å². The van der Waals surface area contributed by atoms with Gasteiger partial charge in [0.25, 0.3) is 0 Å². The number of H-pyrrole nitrogens is 1. The number of hydrogen-bond acceptors (Lipinski definition) is 2. The van der Waals surface area contributed by atoms with Gasteiger partial charge in [-0.05, 0) is 37.8 Å². The number of aromatic amines is 1. The van der Waals surface area contributed by atoms with Crippen molar-refractivity contribution in [3.63, 3.8) is 0 Å². The topological polar surface area (TPSA) is 48.9 Å². The second-order valence-corrected chi connectivity index (χ2v) is 4.83. The predicted molar refractivity (Wildman–Crippen MR) is 72.7 cm³/mol. The van der Waals surface area contributed by atoms with Crippen molar-refractivity contribution >= 4 is 11.6 Å². The van der Waals surface area contributed by atoms with E-state index < -0.39 is 6.10 Å². The van der Waals surface area contributed by atoms with Crippen LogP contribution in [0.1, 0.15) is 36.0 Å². The minimum atomic E-state index is -0.478. The van der Waals surface area contributed by atoms with Crippen LogP contribution in [0.2, 0.25) is 5.02 Å². The molecule has 0 amide bonds. The van der Waals surface area contributed by atoms with E-state index >= 15 is 0 Å². The monoisotopic (exact) mass is 264 g/mol. The number of hydrogen-bond donors (Lipinski definition) is 2. The van der Waals surface area contributed by atoms with Crippen LogP contribution in [0.25, 0.3) is 0 Å². The Morgan fingerprint density at radius 3 is 2.83 bits per heavy atom. The molecule has 1 aromatic heterocycles. The molecule has 2 N–H and O–H groups in total. The van der Waals surface area contributed by atoms with E-state index in [0.29, 0.717) is 6.42 Å². The Morgan fingerprint density at radius 2 is 2.17 bits per heavy atom. The molecule has 18 heavy (non-hydrogen) atoms. The summed E-state index contributed by atoms with van der Waals surface area (Å²) in [6.07, 6.45) is 3.68. The van der Waals surface area contributed by atoms with Crippen molar-refractivity contribution in [2.45, 2.75) is 32.3 Å². The molecule has 2 aromatic rings. The zero-order valence-electron chi connectivity index (χ0n) is 10.4. The third-order valence-corrected chi connectivity index (χ3v) is 3.33. The lowest BCUT2D eigenvalue weighted by atomic mass is 10.0. The van der Waals surface area contributed by atoms with Gasteiger partial charge in [0.2, 0.25) is 0 Å². The van der Waals surface area contributed by atoms with Crippen LogP contribution in [0, 0.1) is 6.92 Å². The molecule has 0 saturated heterocycles. The SMILES string of the molecule is Cc1ncc(C(O)CCCc2ccccc2Cl)[nH]1. The number of rotatable bonds is 5. The van der Waals surface area contributed by atoms with E-state index in [0.717, 1.165) is 34.9 Å². The molecule has 4 heteroatoms. The molecule has 1 aromatic carbocycles. The number of nitrogens with zero attached hydrogens (tertiary/aromatic N) is 1. The lowest BCUT2D eigenvalue weighted by Crippen LogP contribution is -1.99. The van der Waals surface area contributed by atoms with Crippen LogP contribution in [-0.2, 0) is 6.42 Å². The first kappa shape index (κ1) is 13.1. The minimum absolute atomic E-state index is 0.478. The number of halogens is 1. The summed E-state index contributed by atoms with van der Waals surface area (Å²) < 4.78 is 0. The number of aryl methyl sites for hydroxylation is 2. The van der Waals surface area contributed by atoms with Crippen LogP contribution in [-0.4, -0.2) is 15.1 Å². The Balaban J connectivity index is 1.84. The molecule has 96 valence electrons. The molecule has 0 fully saturated rings. The molecule has 1 unspecified atom stereocenters. The Kier molecular flexibility index (Phi) is 4.39. The quantitative estimate of drug-likeness (QED) is 0.869. The largest absolute Gasteiger partial charge is 0.387 e. The molecule has 0 aliphatic carbocycles. The van der Waals surface area contributed by atoms with Crippen molar-refractivity contribution in [3.05, 3.63) is 52.6 Å². The molecule has 0 aliphatic heterocycles. The summed E-state index contributed by atoms with van der Waals surface area (Å²) >= 11 is 6.08. The van der Waals surface area contributed by atoms with E-state index in [1.807, 2.05) is 31.2 Å².